The fourth-order valence-corrected chi connectivity index (χ4v) is 0.231. The maximum Gasteiger partial charge on any atom is 1.00 e. The molecule has 1 rings (SSSR count). The molecule has 0 aliphatic carbocycles. The standard InChI is InChI=1S/CHN5O2.Na.2H2O/c7-6(8)5-1-2-3-4-5;;;/h1H;;2*1H2/q;+1;;. The second kappa shape index (κ2) is 7.50. The fraction of sp³-hybridized carbons (Fsp3) is 0. The van der Waals surface area contributed by atoms with E-state index in [-0.39, 0.29) is 40.5 Å². The summed E-state index contributed by atoms with van der Waals surface area (Å²) in [5, 5.41) is 18.0. The van der Waals surface area contributed by atoms with E-state index in [1.54, 1.807) is 0 Å². The van der Waals surface area contributed by atoms with Crippen molar-refractivity contribution in [3.63, 3.8) is 0 Å². The Kier molecular flexibility index (Phi) is 11.4. The number of rotatable bonds is 1. The smallest absolute Gasteiger partial charge is 0.412 e. The van der Waals surface area contributed by atoms with Gasteiger partial charge in [-0.2, -0.15) is 0 Å². The molecule has 11 heavy (non-hydrogen) atoms. The van der Waals surface area contributed by atoms with E-state index in [4.69, 9.17) is 0 Å². The van der Waals surface area contributed by atoms with Crippen LogP contribution in [0.4, 0.5) is 0 Å². The van der Waals surface area contributed by atoms with E-state index in [9.17, 15) is 10.1 Å². The van der Waals surface area contributed by atoms with Gasteiger partial charge in [-0.1, -0.05) is 5.10 Å². The Morgan fingerprint density at radius 2 is 2.00 bits per heavy atom. The third-order valence-corrected chi connectivity index (χ3v) is 0.506. The first-order chi connectivity index (χ1) is 3.80. The third kappa shape index (κ3) is 4.75. The van der Waals surface area contributed by atoms with E-state index in [0.717, 1.165) is 6.33 Å². The second-order valence-electron chi connectivity index (χ2n) is 0.968. The van der Waals surface area contributed by atoms with E-state index in [1.807, 2.05) is 0 Å². The van der Waals surface area contributed by atoms with Crippen LogP contribution in [0.1, 0.15) is 0 Å². The number of tetrazole rings is 1. The van der Waals surface area contributed by atoms with Crippen molar-refractivity contribution in [1.29, 1.82) is 0 Å². The van der Waals surface area contributed by atoms with Crippen molar-refractivity contribution in [2.45, 2.75) is 0 Å². The Labute approximate surface area is 82.4 Å². The van der Waals surface area contributed by atoms with E-state index >= 15 is 0 Å². The summed E-state index contributed by atoms with van der Waals surface area (Å²) in [6, 6.07) is 0. The van der Waals surface area contributed by atoms with Crippen LogP contribution in [-0.4, -0.2) is 36.3 Å². The van der Waals surface area contributed by atoms with Gasteiger partial charge in [0.15, 0.2) is 0 Å². The van der Waals surface area contributed by atoms with E-state index < -0.39 is 5.03 Å². The summed E-state index contributed by atoms with van der Waals surface area (Å²) in [7, 11) is 0. The molecule has 0 aliphatic heterocycles. The molecule has 58 valence electrons. The summed E-state index contributed by atoms with van der Waals surface area (Å²) >= 11 is 0. The topological polar surface area (TPSA) is 150 Å². The van der Waals surface area contributed by atoms with Crippen molar-refractivity contribution < 1.29 is 45.5 Å². The first kappa shape index (κ1) is 16.8. The molecule has 4 N–H and O–H groups in total. The molecule has 0 saturated carbocycles. The zero-order valence-corrected chi connectivity index (χ0v) is 7.63. The van der Waals surface area contributed by atoms with Gasteiger partial charge < -0.3 is 21.1 Å². The summed E-state index contributed by atoms with van der Waals surface area (Å²) in [4.78, 5) is 10.1. The van der Waals surface area contributed by atoms with Gasteiger partial charge >= 0.3 is 29.6 Å². The van der Waals surface area contributed by atoms with Crippen LogP contribution in [0.15, 0.2) is 6.33 Å². The number of hydrogen-bond acceptors (Lipinski definition) is 5. The maximum absolute atomic E-state index is 9.69. The van der Waals surface area contributed by atoms with Crippen LogP contribution in [-0.2, 0) is 0 Å². The van der Waals surface area contributed by atoms with Crippen molar-refractivity contribution >= 4 is 0 Å². The molecule has 0 amide bonds. The van der Waals surface area contributed by atoms with Crippen molar-refractivity contribution in [1.82, 2.24) is 20.3 Å². The molecule has 0 radical (unpaired) electrons. The molecule has 0 fully saturated rings. The molecule has 0 aliphatic rings. The predicted octanol–water partition coefficient (Wildman–Crippen LogP) is -5.93. The van der Waals surface area contributed by atoms with Gasteiger partial charge in [-0.25, -0.2) is 0 Å². The molecule has 1 aromatic rings. The van der Waals surface area contributed by atoms with Gasteiger partial charge in [0.1, 0.15) is 5.21 Å². The third-order valence-electron chi connectivity index (χ3n) is 0.506. The van der Waals surface area contributed by atoms with E-state index in [1.165, 1.54) is 0 Å². The first-order valence-electron chi connectivity index (χ1n) is 1.68. The molecule has 10 heteroatoms. The molecule has 0 aromatic carbocycles. The molecule has 1 aromatic heterocycles. The first-order valence-corrected chi connectivity index (χ1v) is 1.68. The van der Waals surface area contributed by atoms with Gasteiger partial charge in [0.05, 0.1) is 9.82 Å². The van der Waals surface area contributed by atoms with E-state index in [2.05, 4.69) is 15.5 Å². The van der Waals surface area contributed by atoms with Gasteiger partial charge in [0.2, 0.25) is 11.5 Å². The predicted molar refractivity (Wildman–Crippen MR) is 27.4 cm³/mol. The Morgan fingerprint density at radius 3 is 2.18 bits per heavy atom. The molecule has 0 spiro atoms. The Bertz CT molecular complexity index is 186. The molecule has 0 bridgehead atoms. The van der Waals surface area contributed by atoms with Crippen molar-refractivity contribution in [2.75, 3.05) is 0 Å². The maximum atomic E-state index is 9.69. The zero-order chi connectivity index (χ0) is 5.98. The van der Waals surface area contributed by atoms with Crippen LogP contribution in [0.3, 0.4) is 0 Å². The number of aromatic nitrogens is 4. The molecule has 0 atom stereocenters. The normalized spacial score (nSPS) is 6.55. The Morgan fingerprint density at radius 1 is 1.45 bits per heavy atom. The van der Waals surface area contributed by atoms with Gasteiger partial charge in [0.25, 0.3) is 0 Å². The fourth-order valence-electron chi connectivity index (χ4n) is 0.231. The molecule has 1 heterocycles. The number of hydrogen-bond donors (Lipinski definition) is 0. The summed E-state index contributed by atoms with van der Waals surface area (Å²) < 4.78 is 0. The average Bonchev–Trinajstić information content (AvgIpc) is 2.12. The number of nitro groups is 1. The van der Waals surface area contributed by atoms with Crippen molar-refractivity contribution in [3.05, 3.63) is 16.4 Å². The Balaban J connectivity index is -0.000000213. The van der Waals surface area contributed by atoms with Crippen LogP contribution in [0.25, 0.3) is 0 Å². The second-order valence-corrected chi connectivity index (χ2v) is 0.968. The molecular weight excluding hydrogens is 169 g/mol. The van der Waals surface area contributed by atoms with Gasteiger partial charge in [-0.3, -0.25) is 0 Å². The van der Waals surface area contributed by atoms with Crippen LogP contribution < -0.4 is 29.6 Å². The van der Waals surface area contributed by atoms with Crippen LogP contribution >= 0.6 is 0 Å². The van der Waals surface area contributed by atoms with Crippen molar-refractivity contribution in [2.24, 2.45) is 0 Å². The number of nitrogens with zero attached hydrogens (tertiary/aromatic N) is 5. The van der Waals surface area contributed by atoms with Crippen LogP contribution in [0, 0.1) is 10.1 Å². The Hall–Kier alpha value is -0.610. The zero-order valence-electron chi connectivity index (χ0n) is 5.63. The molecule has 0 unspecified atom stereocenters. The SMILES string of the molecule is O.O.O=[N+]([O-])n1cnnn1.[Na+]. The van der Waals surface area contributed by atoms with Crippen molar-refractivity contribution in [3.8, 4) is 0 Å². The molecule has 0 saturated heterocycles. The molecule has 9 nitrogen and oxygen atoms in total. The minimum Gasteiger partial charge on any atom is -0.412 e. The van der Waals surface area contributed by atoms with Crippen LogP contribution in [0.5, 0.6) is 0 Å². The summed E-state index contributed by atoms with van der Waals surface area (Å²) in [5.41, 5.74) is 0. The largest absolute Gasteiger partial charge is 1.00 e. The summed E-state index contributed by atoms with van der Waals surface area (Å²) in [6.45, 7) is 0. The van der Waals surface area contributed by atoms with Gasteiger partial charge in [0, 0.05) is 0 Å². The minimum absolute atomic E-state index is 0. The minimum atomic E-state index is -0.736. The molecular formula is CH5N5NaO4+. The summed E-state index contributed by atoms with van der Waals surface area (Å²) in [6.07, 6.45) is 0.903. The van der Waals surface area contributed by atoms with Gasteiger partial charge in [-0.05, 0) is 0 Å². The average molecular weight is 174 g/mol. The monoisotopic (exact) mass is 174 g/mol. The van der Waals surface area contributed by atoms with Gasteiger partial charge in [-0.15, -0.1) is 0 Å². The summed E-state index contributed by atoms with van der Waals surface area (Å²) in [5.74, 6) is 0. The quantitative estimate of drug-likeness (QED) is 0.236. The van der Waals surface area contributed by atoms with E-state index in [0.29, 0.717) is 4.79 Å². The van der Waals surface area contributed by atoms with Crippen LogP contribution in [0.2, 0.25) is 0 Å².